The molecule has 1 atom stereocenters. The monoisotopic (exact) mass is 460 g/mol. The summed E-state index contributed by atoms with van der Waals surface area (Å²) in [5, 5.41) is 14.9. The van der Waals surface area contributed by atoms with Crippen molar-refractivity contribution >= 4 is 11.8 Å². The molecule has 2 heterocycles. The first kappa shape index (κ1) is 22.8. The molecule has 176 valence electrons. The van der Waals surface area contributed by atoms with Crippen molar-refractivity contribution in [1.82, 2.24) is 14.9 Å². The first-order valence-electron chi connectivity index (χ1n) is 10.9. The topological polar surface area (TPSA) is 94.9 Å². The lowest BCUT2D eigenvalue weighted by Crippen LogP contribution is -2.60. The number of rotatable bonds is 5. The molecule has 2 amide bonds. The minimum atomic E-state index is -0.990. The van der Waals surface area contributed by atoms with E-state index in [1.54, 1.807) is 7.05 Å². The number of aromatic nitrogens is 1. The molecule has 0 bridgehead atoms. The first-order valence-corrected chi connectivity index (χ1v) is 10.9. The third-order valence-electron chi connectivity index (χ3n) is 6.58. The summed E-state index contributed by atoms with van der Waals surface area (Å²) >= 11 is 0. The molecule has 1 aromatic heterocycles. The molecular weight excluding hydrogens is 434 g/mol. The number of hydrogen-bond donors (Lipinski definition) is 2. The van der Waals surface area contributed by atoms with Gasteiger partial charge in [-0.1, -0.05) is 18.9 Å². The zero-order chi connectivity index (χ0) is 23.9. The van der Waals surface area contributed by atoms with E-state index in [0.717, 1.165) is 31.7 Å². The lowest BCUT2D eigenvalue weighted by atomic mass is 10.1. The second-order valence-corrected chi connectivity index (χ2v) is 8.65. The van der Waals surface area contributed by atoms with Crippen LogP contribution in [0.1, 0.15) is 59.0 Å². The Labute approximate surface area is 189 Å². The number of nitrogens with zero attached hydrogens (tertiary/aromatic N) is 3. The average molecular weight is 460 g/mol. The van der Waals surface area contributed by atoms with Gasteiger partial charge in [-0.25, -0.2) is 8.78 Å². The summed E-state index contributed by atoms with van der Waals surface area (Å²) in [7, 11) is 1.60. The highest BCUT2D eigenvalue weighted by molar-refractivity contribution is 5.99. The van der Waals surface area contributed by atoms with E-state index in [9.17, 15) is 28.3 Å². The maximum atomic E-state index is 13.9. The minimum Gasteiger partial charge on any atom is -0.502 e. The van der Waals surface area contributed by atoms with Crippen LogP contribution in [0, 0.1) is 17.6 Å². The third-order valence-corrected chi connectivity index (χ3v) is 6.58. The molecule has 2 aliphatic rings. The molecule has 1 fully saturated rings. The number of pyridine rings is 1. The lowest BCUT2D eigenvalue weighted by Gasteiger charge is -2.44. The number of aromatic hydroxyl groups is 1. The van der Waals surface area contributed by atoms with Crippen molar-refractivity contribution in [3.05, 3.63) is 63.1 Å². The van der Waals surface area contributed by atoms with Gasteiger partial charge in [0.1, 0.15) is 23.4 Å². The van der Waals surface area contributed by atoms with Crippen molar-refractivity contribution < 1.29 is 23.5 Å². The Hall–Kier alpha value is -3.43. The highest BCUT2D eigenvalue weighted by Gasteiger charge is 2.37. The number of amides is 2. The Balaban J connectivity index is 1.68. The van der Waals surface area contributed by atoms with Crippen molar-refractivity contribution in [3.63, 3.8) is 0 Å². The molecule has 0 unspecified atom stereocenters. The van der Waals surface area contributed by atoms with E-state index in [4.69, 9.17) is 0 Å². The van der Waals surface area contributed by atoms with Crippen LogP contribution in [0.25, 0.3) is 0 Å². The van der Waals surface area contributed by atoms with Crippen molar-refractivity contribution in [1.29, 1.82) is 0 Å². The Kier molecular flexibility index (Phi) is 6.09. The van der Waals surface area contributed by atoms with Gasteiger partial charge < -0.3 is 15.3 Å². The molecule has 1 saturated carbocycles. The molecule has 8 nitrogen and oxygen atoms in total. The summed E-state index contributed by atoms with van der Waals surface area (Å²) in [6, 6.07) is 2.96. The van der Waals surface area contributed by atoms with Crippen LogP contribution in [0.5, 0.6) is 5.75 Å². The van der Waals surface area contributed by atoms with Crippen molar-refractivity contribution in [3.8, 4) is 5.75 Å². The maximum Gasteiger partial charge on any atom is 0.277 e. The van der Waals surface area contributed by atoms with E-state index in [-0.39, 0.29) is 29.5 Å². The van der Waals surface area contributed by atoms with Crippen LogP contribution in [-0.2, 0) is 6.54 Å². The average Bonchev–Trinajstić information content (AvgIpc) is 3.29. The molecule has 0 spiro atoms. The number of nitrogens with one attached hydrogen (secondary N) is 1. The van der Waals surface area contributed by atoms with Crippen LogP contribution in [0.2, 0.25) is 0 Å². The molecule has 1 aromatic carbocycles. The highest BCUT2D eigenvalue weighted by atomic mass is 19.1. The smallest absolute Gasteiger partial charge is 0.277 e. The van der Waals surface area contributed by atoms with Gasteiger partial charge in [0.05, 0.1) is 0 Å². The van der Waals surface area contributed by atoms with Gasteiger partial charge in [0, 0.05) is 38.0 Å². The van der Waals surface area contributed by atoms with Gasteiger partial charge in [0.15, 0.2) is 11.4 Å². The van der Waals surface area contributed by atoms with E-state index < -0.39 is 34.6 Å². The fraction of sp³-hybridized carbons (Fsp3) is 0.435. The summed E-state index contributed by atoms with van der Waals surface area (Å²) in [6.07, 6.45) is 5.22. The molecule has 2 aromatic rings. The first-order chi connectivity index (χ1) is 15.7. The molecule has 33 heavy (non-hydrogen) atoms. The van der Waals surface area contributed by atoms with Gasteiger partial charge in [-0.2, -0.15) is 0 Å². The molecule has 4 rings (SSSR count). The van der Waals surface area contributed by atoms with Crippen molar-refractivity contribution in [2.75, 3.05) is 18.6 Å². The number of carbonyl (C=O) groups is 2. The fourth-order valence-electron chi connectivity index (χ4n) is 4.50. The van der Waals surface area contributed by atoms with Crippen LogP contribution < -0.4 is 15.8 Å². The van der Waals surface area contributed by atoms with Crippen LogP contribution >= 0.6 is 0 Å². The number of fused-ring (bicyclic) bond motifs is 1. The largest absolute Gasteiger partial charge is 0.502 e. The van der Waals surface area contributed by atoms with Gasteiger partial charge in [-0.15, -0.1) is 0 Å². The summed E-state index contributed by atoms with van der Waals surface area (Å²) in [4.78, 5) is 39.8. The predicted octanol–water partition coefficient (Wildman–Crippen LogP) is 2.32. The molecular formula is C23H26F2N4O4. The summed E-state index contributed by atoms with van der Waals surface area (Å²) < 4.78 is 28.4. The van der Waals surface area contributed by atoms with Crippen LogP contribution in [-0.4, -0.2) is 46.3 Å². The van der Waals surface area contributed by atoms with E-state index >= 15 is 0 Å². The minimum absolute atomic E-state index is 0.0420. The zero-order valence-electron chi connectivity index (χ0n) is 18.5. The molecule has 1 aliphatic carbocycles. The molecule has 10 heteroatoms. The SMILES string of the molecule is C[C@H]1N(C)C(=O)c2c(O)c(=O)c(C(=O)NCc3ccc(F)cc3F)cn2N1CC1CCCC1. The Bertz CT molecular complexity index is 1160. The van der Waals surface area contributed by atoms with Gasteiger partial charge in [0.2, 0.25) is 5.43 Å². The second kappa shape index (κ2) is 8.84. The normalized spacial score (nSPS) is 18.5. The number of carbonyl (C=O) groups excluding carboxylic acids is 2. The third kappa shape index (κ3) is 4.17. The standard InChI is InChI=1S/C23H26F2N4O4/c1-13-27(2)23(33)19-21(31)20(30)17(12-29(19)28(13)11-14-5-3-4-6-14)22(32)26-10-15-7-8-16(24)9-18(15)25/h7-9,12-14,31H,3-6,10-11H2,1-2H3,(H,26,32)/t13-/m0/s1. The molecule has 1 aliphatic heterocycles. The molecule has 2 N–H and O–H groups in total. The highest BCUT2D eigenvalue weighted by Crippen LogP contribution is 2.29. The van der Waals surface area contributed by atoms with E-state index in [2.05, 4.69) is 5.32 Å². The predicted molar refractivity (Wildman–Crippen MR) is 116 cm³/mol. The Morgan fingerprint density at radius 3 is 2.58 bits per heavy atom. The lowest BCUT2D eigenvalue weighted by molar-refractivity contribution is 0.0643. The second-order valence-electron chi connectivity index (χ2n) is 8.65. The number of hydrogen-bond acceptors (Lipinski definition) is 5. The van der Waals surface area contributed by atoms with Gasteiger partial charge in [0.25, 0.3) is 11.8 Å². The van der Waals surface area contributed by atoms with Crippen molar-refractivity contribution in [2.45, 2.75) is 45.3 Å². The van der Waals surface area contributed by atoms with E-state index in [0.29, 0.717) is 18.5 Å². The Morgan fingerprint density at radius 1 is 1.21 bits per heavy atom. The zero-order valence-corrected chi connectivity index (χ0v) is 18.5. The van der Waals surface area contributed by atoms with Crippen molar-refractivity contribution in [2.24, 2.45) is 5.92 Å². The fourth-order valence-corrected chi connectivity index (χ4v) is 4.50. The summed E-state index contributed by atoms with van der Waals surface area (Å²) in [5.74, 6) is -3.36. The number of halogens is 2. The number of benzene rings is 1. The maximum absolute atomic E-state index is 13.9. The Morgan fingerprint density at radius 2 is 1.91 bits per heavy atom. The quantitative estimate of drug-likeness (QED) is 0.714. The van der Waals surface area contributed by atoms with Gasteiger partial charge in [-0.3, -0.25) is 24.1 Å². The molecule has 0 radical (unpaired) electrons. The van der Waals surface area contributed by atoms with Gasteiger partial charge >= 0.3 is 0 Å². The van der Waals surface area contributed by atoms with Crippen LogP contribution in [0.15, 0.2) is 29.2 Å². The summed E-state index contributed by atoms with van der Waals surface area (Å²) in [5.41, 5.74) is -1.52. The van der Waals surface area contributed by atoms with Crippen LogP contribution in [0.3, 0.4) is 0 Å². The van der Waals surface area contributed by atoms with E-state index in [1.165, 1.54) is 21.8 Å². The van der Waals surface area contributed by atoms with Crippen LogP contribution in [0.4, 0.5) is 8.78 Å². The molecule has 0 saturated heterocycles. The van der Waals surface area contributed by atoms with Gasteiger partial charge in [-0.05, 0) is 31.7 Å². The van der Waals surface area contributed by atoms with E-state index in [1.807, 2.05) is 11.9 Å². The summed E-state index contributed by atoms with van der Waals surface area (Å²) in [6.45, 7) is 2.15.